The molecule has 0 unspecified atom stereocenters. The Labute approximate surface area is 110 Å². The van der Waals surface area contributed by atoms with Gasteiger partial charge >= 0.3 is 0 Å². The highest BCUT2D eigenvalue weighted by Crippen LogP contribution is 2.27. The van der Waals surface area contributed by atoms with Crippen molar-refractivity contribution < 1.29 is 19.4 Å². The predicted octanol–water partition coefficient (Wildman–Crippen LogP) is -0.0504. The Balaban J connectivity index is 2.12. The molecule has 19 heavy (non-hydrogen) atoms. The fourth-order valence-electron chi connectivity index (χ4n) is 1.77. The Kier molecular flexibility index (Phi) is 4.22. The molecule has 1 aromatic rings. The SMILES string of the molecule is O=C1CCc2ccc(O)c(c2)OCCNC(=O)CN1. The summed E-state index contributed by atoms with van der Waals surface area (Å²) in [5.41, 5.74) is 0.904. The lowest BCUT2D eigenvalue weighted by atomic mass is 10.1. The van der Waals surface area contributed by atoms with Crippen LogP contribution in [0.15, 0.2) is 18.2 Å². The van der Waals surface area contributed by atoms with Crippen molar-refractivity contribution in [3.8, 4) is 11.5 Å². The third kappa shape index (κ3) is 3.87. The molecule has 0 fully saturated rings. The number of ether oxygens (including phenoxy) is 1. The van der Waals surface area contributed by atoms with E-state index in [2.05, 4.69) is 10.6 Å². The van der Waals surface area contributed by atoms with Crippen molar-refractivity contribution in [1.82, 2.24) is 10.6 Å². The molecule has 2 bridgehead atoms. The molecule has 2 amide bonds. The summed E-state index contributed by atoms with van der Waals surface area (Å²) in [6.07, 6.45) is 0.821. The minimum Gasteiger partial charge on any atom is -0.504 e. The number of phenolic OH excluding ortho intramolecular Hbond substituents is 1. The summed E-state index contributed by atoms with van der Waals surface area (Å²) in [6.45, 7) is 0.552. The van der Waals surface area contributed by atoms with E-state index >= 15 is 0 Å². The van der Waals surface area contributed by atoms with Gasteiger partial charge in [-0.1, -0.05) is 6.07 Å². The lowest BCUT2D eigenvalue weighted by Gasteiger charge is -2.09. The second kappa shape index (κ2) is 6.08. The highest BCUT2D eigenvalue weighted by atomic mass is 16.5. The third-order valence-corrected chi connectivity index (χ3v) is 2.79. The smallest absolute Gasteiger partial charge is 0.239 e. The number of hydrogen-bond acceptors (Lipinski definition) is 4. The minimum absolute atomic E-state index is 0.0261. The second-order valence-corrected chi connectivity index (χ2v) is 4.28. The summed E-state index contributed by atoms with van der Waals surface area (Å²) in [4.78, 5) is 22.9. The molecular formula is C13H16N2O4. The number of aryl methyl sites for hydroxylation is 1. The van der Waals surface area contributed by atoms with Crippen LogP contribution in [0.25, 0.3) is 0 Å². The van der Waals surface area contributed by atoms with E-state index in [1.165, 1.54) is 0 Å². The monoisotopic (exact) mass is 264 g/mol. The van der Waals surface area contributed by atoms with Crippen molar-refractivity contribution >= 4 is 11.8 Å². The Hall–Kier alpha value is -2.24. The zero-order chi connectivity index (χ0) is 13.7. The number of fused-ring (bicyclic) bond motifs is 2. The molecule has 1 aliphatic heterocycles. The normalized spacial score (nSPS) is 17.1. The van der Waals surface area contributed by atoms with Crippen molar-refractivity contribution in [2.75, 3.05) is 19.7 Å². The molecule has 1 aromatic carbocycles. The molecule has 6 heteroatoms. The van der Waals surface area contributed by atoms with Gasteiger partial charge in [-0.05, 0) is 24.1 Å². The Morgan fingerprint density at radius 1 is 1.11 bits per heavy atom. The molecule has 0 radical (unpaired) electrons. The van der Waals surface area contributed by atoms with E-state index < -0.39 is 0 Å². The van der Waals surface area contributed by atoms with Crippen LogP contribution < -0.4 is 15.4 Å². The zero-order valence-corrected chi connectivity index (χ0v) is 10.4. The molecule has 0 atom stereocenters. The van der Waals surface area contributed by atoms with Gasteiger partial charge in [-0.2, -0.15) is 0 Å². The van der Waals surface area contributed by atoms with E-state index in [1.807, 2.05) is 0 Å². The van der Waals surface area contributed by atoms with Crippen molar-refractivity contribution in [3.63, 3.8) is 0 Å². The molecule has 0 spiro atoms. The average Bonchev–Trinajstić information content (AvgIpc) is 2.41. The van der Waals surface area contributed by atoms with Gasteiger partial charge in [0.2, 0.25) is 11.8 Å². The maximum atomic E-state index is 11.5. The molecule has 0 saturated heterocycles. The molecular weight excluding hydrogens is 248 g/mol. The topological polar surface area (TPSA) is 87.7 Å². The van der Waals surface area contributed by atoms with Crippen LogP contribution in [0.2, 0.25) is 0 Å². The molecule has 102 valence electrons. The number of benzene rings is 1. The molecule has 1 aliphatic rings. The minimum atomic E-state index is -0.257. The largest absolute Gasteiger partial charge is 0.504 e. The maximum absolute atomic E-state index is 11.5. The average molecular weight is 264 g/mol. The zero-order valence-electron chi connectivity index (χ0n) is 10.4. The fraction of sp³-hybridized carbons (Fsp3) is 0.385. The first-order chi connectivity index (χ1) is 9.15. The second-order valence-electron chi connectivity index (χ2n) is 4.28. The van der Waals surface area contributed by atoms with Crippen LogP contribution >= 0.6 is 0 Å². The number of carbonyl (C=O) groups is 2. The summed E-state index contributed by atoms with van der Waals surface area (Å²) in [6, 6.07) is 5.00. The van der Waals surface area contributed by atoms with E-state index in [9.17, 15) is 14.7 Å². The van der Waals surface area contributed by atoms with Crippen molar-refractivity contribution in [2.45, 2.75) is 12.8 Å². The molecule has 1 heterocycles. The number of amides is 2. The van der Waals surface area contributed by atoms with Gasteiger partial charge in [0, 0.05) is 6.42 Å². The molecule has 3 N–H and O–H groups in total. The van der Waals surface area contributed by atoms with Gasteiger partial charge in [-0.25, -0.2) is 0 Å². The first-order valence-corrected chi connectivity index (χ1v) is 6.13. The summed E-state index contributed by atoms with van der Waals surface area (Å²) < 4.78 is 5.40. The Morgan fingerprint density at radius 3 is 2.79 bits per heavy atom. The van der Waals surface area contributed by atoms with Crippen LogP contribution in [0, 0.1) is 0 Å². The van der Waals surface area contributed by atoms with Crippen molar-refractivity contribution in [2.24, 2.45) is 0 Å². The number of nitrogens with one attached hydrogen (secondary N) is 2. The maximum Gasteiger partial charge on any atom is 0.239 e. The van der Waals surface area contributed by atoms with E-state index in [0.29, 0.717) is 18.7 Å². The summed E-state index contributed by atoms with van der Waals surface area (Å²) in [7, 11) is 0. The first-order valence-electron chi connectivity index (χ1n) is 6.13. The number of phenols is 1. The molecule has 0 aromatic heterocycles. The van der Waals surface area contributed by atoms with Crippen LogP contribution in [-0.2, 0) is 16.0 Å². The number of aromatic hydroxyl groups is 1. The van der Waals surface area contributed by atoms with Crippen LogP contribution in [-0.4, -0.2) is 36.6 Å². The highest BCUT2D eigenvalue weighted by molar-refractivity contribution is 5.84. The van der Waals surface area contributed by atoms with E-state index in [0.717, 1.165) is 5.56 Å². The van der Waals surface area contributed by atoms with Gasteiger partial charge in [0.1, 0.15) is 6.61 Å². The summed E-state index contributed by atoms with van der Waals surface area (Å²) >= 11 is 0. The van der Waals surface area contributed by atoms with E-state index in [1.54, 1.807) is 18.2 Å². The molecule has 2 rings (SSSR count). The van der Waals surface area contributed by atoms with E-state index in [4.69, 9.17) is 4.74 Å². The molecule has 0 saturated carbocycles. The Bertz CT molecular complexity index is 488. The van der Waals surface area contributed by atoms with Crippen LogP contribution in [0.4, 0.5) is 0 Å². The third-order valence-electron chi connectivity index (χ3n) is 2.79. The lowest BCUT2D eigenvalue weighted by Crippen LogP contribution is -2.38. The predicted molar refractivity (Wildman–Crippen MR) is 67.9 cm³/mol. The van der Waals surface area contributed by atoms with Gasteiger partial charge in [-0.3, -0.25) is 9.59 Å². The first kappa shape index (κ1) is 13.2. The lowest BCUT2D eigenvalue weighted by molar-refractivity contribution is -0.126. The van der Waals surface area contributed by atoms with E-state index in [-0.39, 0.29) is 37.1 Å². The number of rotatable bonds is 0. The van der Waals surface area contributed by atoms with Crippen LogP contribution in [0.5, 0.6) is 11.5 Å². The summed E-state index contributed by atoms with van der Waals surface area (Å²) in [5, 5.41) is 14.8. The number of hydrogen-bond donors (Lipinski definition) is 3. The quantitative estimate of drug-likeness (QED) is 0.613. The van der Waals surface area contributed by atoms with Crippen molar-refractivity contribution in [1.29, 1.82) is 0 Å². The van der Waals surface area contributed by atoms with Crippen LogP contribution in [0.1, 0.15) is 12.0 Å². The van der Waals surface area contributed by atoms with Crippen molar-refractivity contribution in [3.05, 3.63) is 23.8 Å². The molecule has 0 aliphatic carbocycles. The fourth-order valence-corrected chi connectivity index (χ4v) is 1.77. The van der Waals surface area contributed by atoms with Gasteiger partial charge in [0.05, 0.1) is 13.1 Å². The summed E-state index contributed by atoms with van der Waals surface area (Å²) in [5.74, 6) is -0.0159. The van der Waals surface area contributed by atoms with Crippen LogP contribution in [0.3, 0.4) is 0 Å². The highest BCUT2D eigenvalue weighted by Gasteiger charge is 2.09. The van der Waals surface area contributed by atoms with Gasteiger partial charge < -0.3 is 20.5 Å². The standard InChI is InChI=1S/C13H16N2O4/c16-10-3-1-9-2-4-12(17)15-8-13(18)14-5-6-19-11(10)7-9/h1,3,7,16H,2,4-6,8H2,(H,14,18)(H,15,17). The molecule has 6 nitrogen and oxygen atoms in total. The van der Waals surface area contributed by atoms with Gasteiger partial charge in [-0.15, -0.1) is 0 Å². The van der Waals surface area contributed by atoms with Gasteiger partial charge in [0.25, 0.3) is 0 Å². The van der Waals surface area contributed by atoms with Gasteiger partial charge in [0.15, 0.2) is 11.5 Å². The number of carbonyl (C=O) groups excluding carboxylic acids is 2. The Morgan fingerprint density at radius 2 is 1.95 bits per heavy atom.